The number of aromatic nitrogens is 1. The maximum Gasteiger partial charge on any atom is 0.417 e. The fourth-order valence-electron chi connectivity index (χ4n) is 8.83. The van der Waals surface area contributed by atoms with Crippen LogP contribution in [0.5, 0.6) is 0 Å². The van der Waals surface area contributed by atoms with Gasteiger partial charge in [-0.2, -0.15) is 13.2 Å². The van der Waals surface area contributed by atoms with E-state index in [0.29, 0.717) is 61.4 Å². The number of alkyl halides is 3. The van der Waals surface area contributed by atoms with Crippen LogP contribution in [0, 0.1) is 35.0 Å². The maximum atomic E-state index is 13.9. The summed E-state index contributed by atoms with van der Waals surface area (Å²) in [5, 5.41) is 13.3. The number of carbonyl (C=O) groups is 2. The van der Waals surface area contributed by atoms with Gasteiger partial charge in [0.2, 0.25) is 5.91 Å². The largest absolute Gasteiger partial charge is 0.417 e. The standard InChI is InChI=1S/C26H36F3N3O2.C8H12O3/c1-16(2)25(8-6-21(11-25)31-23-17-4-3-5-18(23)15-34-14-17)24(33)32-9-7-22-19(13-32)10-20(12-30-22)26(27,28)29;9-7-2-1-5-3-11-4-6(7)8(5)10/h10,12,16-18,21,23,31H,3-9,11,13-15H2,1-2H3;5-7,9H,1-4H2/t17?,18?,21-,23?,25+;/m1./s1. The van der Waals surface area contributed by atoms with Crippen molar-refractivity contribution < 1.29 is 37.3 Å². The molecule has 1 aromatic heterocycles. The summed E-state index contributed by atoms with van der Waals surface area (Å²) in [6.45, 7) is 7.61. The minimum absolute atomic E-state index is 0.0807. The van der Waals surface area contributed by atoms with Gasteiger partial charge in [-0.3, -0.25) is 14.6 Å². The first-order valence-electron chi connectivity index (χ1n) is 16.9. The monoisotopic (exact) mass is 635 g/mol. The normalized spacial score (nSPS) is 36.3. The second-order valence-electron chi connectivity index (χ2n) is 14.6. The quantitative estimate of drug-likeness (QED) is 0.501. The van der Waals surface area contributed by atoms with Gasteiger partial charge >= 0.3 is 6.18 Å². The van der Waals surface area contributed by atoms with E-state index in [2.05, 4.69) is 24.1 Å². The summed E-state index contributed by atoms with van der Waals surface area (Å²) in [5.74, 6) is 1.47. The summed E-state index contributed by atoms with van der Waals surface area (Å²) in [5.41, 5.74) is -0.0141. The van der Waals surface area contributed by atoms with Gasteiger partial charge in [-0.25, -0.2) is 0 Å². The molecule has 2 saturated heterocycles. The van der Waals surface area contributed by atoms with Crippen LogP contribution in [-0.2, 0) is 38.2 Å². The number of ketones is 1. The van der Waals surface area contributed by atoms with Crippen molar-refractivity contribution in [1.82, 2.24) is 15.2 Å². The Morgan fingerprint density at radius 1 is 1.09 bits per heavy atom. The van der Waals surface area contributed by atoms with Crippen molar-refractivity contribution in [2.45, 2.75) is 103 Å². The van der Waals surface area contributed by atoms with Crippen LogP contribution >= 0.6 is 0 Å². The first kappa shape index (κ1) is 32.8. The van der Waals surface area contributed by atoms with Gasteiger partial charge in [-0.15, -0.1) is 0 Å². The van der Waals surface area contributed by atoms with Gasteiger partial charge in [0.05, 0.1) is 49.4 Å². The smallest absolute Gasteiger partial charge is 0.392 e. The van der Waals surface area contributed by atoms with Gasteiger partial charge in [-0.05, 0) is 74.3 Å². The Labute approximate surface area is 263 Å². The number of nitrogens with one attached hydrogen (secondary N) is 1. The van der Waals surface area contributed by atoms with Crippen molar-refractivity contribution in [3.05, 3.63) is 29.1 Å². The molecule has 3 aliphatic heterocycles. The molecule has 5 unspecified atom stereocenters. The zero-order valence-electron chi connectivity index (χ0n) is 26.5. The summed E-state index contributed by atoms with van der Waals surface area (Å²) >= 11 is 0. The summed E-state index contributed by atoms with van der Waals surface area (Å²) in [7, 11) is 0. The summed E-state index contributed by atoms with van der Waals surface area (Å²) < 4.78 is 50.6. The highest BCUT2D eigenvalue weighted by Gasteiger charge is 2.51. The van der Waals surface area contributed by atoms with E-state index >= 15 is 0 Å². The van der Waals surface area contributed by atoms with Gasteiger partial charge in [0.1, 0.15) is 5.78 Å². The first-order valence-corrected chi connectivity index (χ1v) is 16.9. The van der Waals surface area contributed by atoms with Gasteiger partial charge in [0, 0.05) is 49.4 Å². The van der Waals surface area contributed by atoms with E-state index < -0.39 is 23.3 Å². The molecule has 45 heavy (non-hydrogen) atoms. The second-order valence-corrected chi connectivity index (χ2v) is 14.6. The number of hydrogen-bond donors (Lipinski definition) is 2. The number of amides is 1. The molecule has 5 fully saturated rings. The molecule has 1 amide bonds. The van der Waals surface area contributed by atoms with E-state index in [1.807, 2.05) is 0 Å². The maximum absolute atomic E-state index is 13.9. The molecular weight excluding hydrogens is 587 g/mol. The lowest BCUT2D eigenvalue weighted by molar-refractivity contribution is -0.150. The van der Waals surface area contributed by atoms with Crippen LogP contribution in [-0.4, -0.2) is 77.8 Å². The number of halogens is 3. The van der Waals surface area contributed by atoms with Crippen LogP contribution in [0.1, 0.15) is 82.0 Å². The third-order valence-electron chi connectivity index (χ3n) is 11.7. The highest BCUT2D eigenvalue weighted by Crippen LogP contribution is 2.47. The van der Waals surface area contributed by atoms with Crippen molar-refractivity contribution in [2.75, 3.05) is 33.0 Å². The predicted molar refractivity (Wildman–Crippen MR) is 160 cm³/mol. The van der Waals surface area contributed by atoms with Crippen molar-refractivity contribution in [3.8, 4) is 0 Å². The molecule has 11 heteroatoms. The molecule has 4 heterocycles. The van der Waals surface area contributed by atoms with Crippen LogP contribution in [0.3, 0.4) is 0 Å². The van der Waals surface area contributed by atoms with E-state index in [1.165, 1.54) is 25.3 Å². The lowest BCUT2D eigenvalue weighted by atomic mass is 9.73. The molecule has 3 saturated carbocycles. The predicted octanol–water partition coefficient (Wildman–Crippen LogP) is 4.56. The Bertz CT molecular complexity index is 1220. The number of aliphatic hydroxyl groups is 1. The molecule has 7 rings (SSSR count). The number of fused-ring (bicyclic) bond motifs is 5. The van der Waals surface area contributed by atoms with Gasteiger partial charge < -0.3 is 24.8 Å². The van der Waals surface area contributed by atoms with E-state index in [1.54, 1.807) is 4.90 Å². The molecule has 250 valence electrons. The third-order valence-corrected chi connectivity index (χ3v) is 11.7. The minimum Gasteiger partial charge on any atom is -0.392 e. The van der Waals surface area contributed by atoms with Crippen molar-refractivity contribution >= 4 is 11.7 Å². The molecule has 3 aliphatic carbocycles. The number of Topliss-reactive ketones (excluding diaryl/α,β-unsaturated/α-hetero) is 1. The fourth-order valence-corrected chi connectivity index (χ4v) is 8.83. The molecule has 4 bridgehead atoms. The topological polar surface area (TPSA) is 101 Å². The van der Waals surface area contributed by atoms with E-state index in [-0.39, 0.29) is 36.0 Å². The molecule has 0 spiro atoms. The molecule has 6 aliphatic rings. The molecule has 2 N–H and O–H groups in total. The van der Waals surface area contributed by atoms with E-state index in [9.17, 15) is 27.9 Å². The summed E-state index contributed by atoms with van der Waals surface area (Å²) in [6.07, 6.45) is 4.37. The zero-order chi connectivity index (χ0) is 31.9. The molecular formula is C34H48F3N3O5. The Morgan fingerprint density at radius 2 is 1.82 bits per heavy atom. The zero-order valence-corrected chi connectivity index (χ0v) is 26.5. The van der Waals surface area contributed by atoms with Crippen LogP contribution < -0.4 is 5.32 Å². The van der Waals surface area contributed by atoms with Crippen LogP contribution in [0.15, 0.2) is 12.3 Å². The number of carbonyl (C=O) groups excluding carboxylic acids is 2. The first-order chi connectivity index (χ1) is 21.5. The molecule has 8 nitrogen and oxygen atoms in total. The van der Waals surface area contributed by atoms with Crippen LogP contribution in [0.4, 0.5) is 13.2 Å². The summed E-state index contributed by atoms with van der Waals surface area (Å²) in [6, 6.07) is 1.94. The van der Waals surface area contributed by atoms with Gasteiger partial charge in [0.25, 0.3) is 0 Å². The van der Waals surface area contributed by atoms with E-state index in [4.69, 9.17) is 9.47 Å². The Kier molecular flexibility index (Phi) is 9.64. The number of hydrogen-bond acceptors (Lipinski definition) is 7. The number of aliphatic hydroxyl groups excluding tert-OH is 1. The van der Waals surface area contributed by atoms with Gasteiger partial charge in [0.15, 0.2) is 0 Å². The number of pyridine rings is 1. The van der Waals surface area contributed by atoms with E-state index in [0.717, 1.165) is 51.5 Å². The number of nitrogens with zero attached hydrogens (tertiary/aromatic N) is 2. The van der Waals surface area contributed by atoms with Crippen molar-refractivity contribution in [1.29, 1.82) is 0 Å². The number of rotatable bonds is 4. The average Bonchev–Trinajstić information content (AvgIpc) is 3.43. The average molecular weight is 636 g/mol. The number of ether oxygens (including phenoxy) is 2. The van der Waals surface area contributed by atoms with Crippen molar-refractivity contribution in [3.63, 3.8) is 0 Å². The van der Waals surface area contributed by atoms with Gasteiger partial charge in [-0.1, -0.05) is 20.3 Å². The second kappa shape index (κ2) is 13.2. The molecule has 0 aromatic carbocycles. The van der Waals surface area contributed by atoms with Crippen LogP contribution in [0.25, 0.3) is 0 Å². The highest BCUT2D eigenvalue weighted by atomic mass is 19.4. The fraction of sp³-hybridized carbons (Fsp3) is 0.794. The SMILES string of the molecule is CC(C)[C@]1(C(=O)N2CCc3ncc(C(F)(F)F)cc3C2)CC[C@@H](NC2C3CCCC2COC3)C1.O=C1C2CCC(O)C1COC2. The Morgan fingerprint density at radius 3 is 2.51 bits per heavy atom. The van der Waals surface area contributed by atoms with Crippen molar-refractivity contribution in [2.24, 2.45) is 35.0 Å². The lowest BCUT2D eigenvalue weighted by Gasteiger charge is -2.44. The Balaban J connectivity index is 0.000000272. The molecule has 1 aromatic rings. The highest BCUT2D eigenvalue weighted by molar-refractivity contribution is 5.85. The lowest BCUT2D eigenvalue weighted by Crippen LogP contribution is -2.54. The minimum atomic E-state index is -4.43. The molecule has 0 radical (unpaired) electrons. The molecule has 7 atom stereocenters. The third kappa shape index (κ3) is 6.69. The Hall–Kier alpha value is -2.08. The van der Waals surface area contributed by atoms with Crippen LogP contribution in [0.2, 0.25) is 0 Å². The summed E-state index contributed by atoms with van der Waals surface area (Å²) in [4.78, 5) is 31.1.